The van der Waals surface area contributed by atoms with Crippen LogP contribution in [0.2, 0.25) is 0 Å². The maximum absolute atomic E-state index is 14.3. The summed E-state index contributed by atoms with van der Waals surface area (Å²) in [5, 5.41) is 110. The van der Waals surface area contributed by atoms with E-state index >= 15 is 0 Å². The van der Waals surface area contributed by atoms with Gasteiger partial charge in [-0.2, -0.15) is 0 Å². The molecule has 0 spiro atoms. The quantitative estimate of drug-likeness (QED) is 0.00887. The molecule has 0 aromatic carbocycles. The molecule has 0 bridgehead atoms. The van der Waals surface area contributed by atoms with Crippen LogP contribution in [0.5, 0.6) is 0 Å². The summed E-state index contributed by atoms with van der Waals surface area (Å²) in [7, 11) is -5.70. The van der Waals surface area contributed by atoms with Crippen LogP contribution in [0.15, 0.2) is 24.3 Å². The van der Waals surface area contributed by atoms with Gasteiger partial charge in [-0.15, -0.1) is 0 Å². The Kier molecular flexibility index (Phi) is 47.8. The van der Waals surface area contributed by atoms with Crippen LogP contribution in [0.4, 0.5) is 0 Å². The summed E-state index contributed by atoms with van der Waals surface area (Å²) >= 11 is 0. The number of carbonyl (C=O) groups is 3. The third-order valence-electron chi connectivity index (χ3n) is 18.0. The van der Waals surface area contributed by atoms with E-state index in [0.29, 0.717) is 25.7 Å². The van der Waals surface area contributed by atoms with E-state index in [-0.39, 0.29) is 19.3 Å². The summed E-state index contributed by atoms with van der Waals surface area (Å²) in [4.78, 5) is 50.9. The van der Waals surface area contributed by atoms with Crippen LogP contribution in [-0.2, 0) is 61.2 Å². The van der Waals surface area contributed by atoms with E-state index in [0.717, 1.165) is 109 Å². The lowest BCUT2D eigenvalue weighted by Gasteiger charge is -2.49. The number of hydrogen-bond acceptors (Lipinski definition) is 23. The fraction of sp³-hybridized carbons (Fsp3) is 0.900. The van der Waals surface area contributed by atoms with Crippen LogP contribution in [-0.4, -0.2) is 204 Å². The number of aliphatic hydroxyl groups excluding tert-OH is 10. The van der Waals surface area contributed by atoms with Crippen LogP contribution in [0.1, 0.15) is 271 Å². The standard InChI is InChI=1S/C70H127O24P/c1-4-7-10-13-16-19-22-25-26-28-30-33-35-38-41-44-54(72)86-48-51(89-56(74)46-43-40-37-34-31-27-23-20-17-14-11-8-5-2)49-88-95(84,85)94-68-66(92-69-64(82)59(77)57(75)52(47-71)90-69)62(80)61(79)63(81)67(68)93-70-65(83)60(78)58(76)53(91-70)50-87-55(73)45-42-39-36-32-29-24-21-18-15-12-9-6-3/h19,22,27,31,51-53,57-71,75-83H,4-18,20-21,23-26,28-30,32-50H2,1-3H3,(H,84,85)/b22-19-,31-27-. The van der Waals surface area contributed by atoms with Gasteiger partial charge in [0, 0.05) is 19.3 Å². The van der Waals surface area contributed by atoms with Gasteiger partial charge < -0.3 is 89.1 Å². The Labute approximate surface area is 566 Å². The minimum atomic E-state index is -5.70. The molecule has 95 heavy (non-hydrogen) atoms. The van der Waals surface area contributed by atoms with Crippen molar-refractivity contribution in [2.24, 2.45) is 0 Å². The zero-order chi connectivity index (χ0) is 69.6. The van der Waals surface area contributed by atoms with Gasteiger partial charge in [-0.05, 0) is 70.6 Å². The molecule has 0 aromatic heterocycles. The molecule has 0 aromatic rings. The fourth-order valence-corrected chi connectivity index (χ4v) is 12.9. The first-order chi connectivity index (χ1) is 45.8. The predicted molar refractivity (Wildman–Crippen MR) is 356 cm³/mol. The molecule has 0 amide bonds. The minimum absolute atomic E-state index is 0.0301. The number of phosphoric acid groups is 1. The molecule has 3 aliphatic rings. The number of unbranched alkanes of at least 4 members (excludes halogenated alkanes) is 31. The van der Waals surface area contributed by atoms with Gasteiger partial charge >= 0.3 is 25.7 Å². The van der Waals surface area contributed by atoms with Gasteiger partial charge in [0.2, 0.25) is 0 Å². The van der Waals surface area contributed by atoms with Crippen molar-refractivity contribution >= 4 is 25.7 Å². The molecular weight excluding hydrogens is 1260 g/mol. The van der Waals surface area contributed by atoms with E-state index in [1.54, 1.807) is 0 Å². The summed E-state index contributed by atoms with van der Waals surface area (Å²) in [6.45, 7) is 3.38. The van der Waals surface area contributed by atoms with Crippen molar-refractivity contribution in [3.05, 3.63) is 24.3 Å². The first-order valence-electron chi connectivity index (χ1n) is 36.6. The monoisotopic (exact) mass is 1380 g/mol. The van der Waals surface area contributed by atoms with Crippen molar-refractivity contribution < 1.29 is 117 Å². The van der Waals surface area contributed by atoms with Crippen LogP contribution < -0.4 is 0 Å². The normalized spacial score (nSPS) is 28.2. The van der Waals surface area contributed by atoms with Crippen molar-refractivity contribution in [3.8, 4) is 0 Å². The lowest BCUT2D eigenvalue weighted by atomic mass is 9.84. The highest BCUT2D eigenvalue weighted by atomic mass is 31.2. The Morgan fingerprint density at radius 3 is 1.16 bits per heavy atom. The van der Waals surface area contributed by atoms with Gasteiger partial charge in [0.1, 0.15) is 98.7 Å². The molecule has 24 nitrogen and oxygen atoms in total. The molecule has 11 N–H and O–H groups in total. The number of aliphatic hydroxyl groups is 10. The van der Waals surface area contributed by atoms with Crippen molar-refractivity contribution in [1.82, 2.24) is 0 Å². The first kappa shape index (κ1) is 86.7. The van der Waals surface area contributed by atoms with Crippen molar-refractivity contribution in [2.45, 2.75) is 375 Å². The Morgan fingerprint density at radius 2 is 0.737 bits per heavy atom. The van der Waals surface area contributed by atoms with Gasteiger partial charge in [0.25, 0.3) is 0 Å². The second kappa shape index (κ2) is 52.4. The highest BCUT2D eigenvalue weighted by Gasteiger charge is 2.58. The summed E-state index contributed by atoms with van der Waals surface area (Å²) < 4.78 is 64.9. The number of carbonyl (C=O) groups excluding carboxylic acids is 3. The molecule has 1 saturated carbocycles. The molecule has 1 aliphatic carbocycles. The molecule has 18 atom stereocenters. The number of ether oxygens (including phenoxy) is 7. The van der Waals surface area contributed by atoms with Crippen molar-refractivity contribution in [3.63, 3.8) is 0 Å². The lowest BCUT2D eigenvalue weighted by molar-refractivity contribution is -0.360. The van der Waals surface area contributed by atoms with E-state index in [1.807, 2.05) is 0 Å². The summed E-state index contributed by atoms with van der Waals surface area (Å²) in [6.07, 6.45) is 11.2. The minimum Gasteiger partial charge on any atom is -0.463 e. The van der Waals surface area contributed by atoms with Crippen LogP contribution in [0, 0.1) is 0 Å². The smallest absolute Gasteiger partial charge is 0.463 e. The SMILES string of the molecule is CCCCCC/C=C\CCCCCCCCCC(=O)OCC(COP(=O)(O)OC1C(OC2OC(CO)C(O)C(O)C2O)C(O)C(O)C(O)C1OC1OC(COC(=O)CCCCCCCCCCCCCC)C(O)C(O)C1O)OC(=O)CCCCC/C=C\CCCCCCCC. The lowest BCUT2D eigenvalue weighted by Crippen LogP contribution is -2.69. The highest BCUT2D eigenvalue weighted by Crippen LogP contribution is 2.49. The number of allylic oxidation sites excluding steroid dienone is 4. The Morgan fingerprint density at radius 1 is 0.400 bits per heavy atom. The molecule has 2 saturated heterocycles. The second-order valence-electron chi connectivity index (χ2n) is 26.3. The largest absolute Gasteiger partial charge is 0.472 e. The van der Waals surface area contributed by atoms with Gasteiger partial charge in [0.15, 0.2) is 18.7 Å². The maximum Gasteiger partial charge on any atom is 0.472 e. The van der Waals surface area contributed by atoms with Crippen molar-refractivity contribution in [2.75, 3.05) is 26.4 Å². The molecular formula is C70H127O24P. The molecule has 25 heteroatoms. The van der Waals surface area contributed by atoms with Crippen LogP contribution in [0.25, 0.3) is 0 Å². The average molecular weight is 1380 g/mol. The predicted octanol–water partition coefficient (Wildman–Crippen LogP) is 9.35. The molecule has 3 rings (SSSR count). The number of phosphoric ester groups is 1. The third-order valence-corrected chi connectivity index (χ3v) is 18.9. The Bertz CT molecular complexity index is 2070. The summed E-state index contributed by atoms with van der Waals surface area (Å²) in [5.41, 5.74) is 0. The molecule has 0 radical (unpaired) electrons. The second-order valence-corrected chi connectivity index (χ2v) is 27.7. The van der Waals surface area contributed by atoms with Gasteiger partial charge in [-0.25, -0.2) is 4.57 Å². The van der Waals surface area contributed by atoms with E-state index in [2.05, 4.69) is 45.1 Å². The zero-order valence-electron chi connectivity index (χ0n) is 57.7. The maximum atomic E-state index is 14.3. The van der Waals surface area contributed by atoms with E-state index in [4.69, 9.17) is 42.2 Å². The summed E-state index contributed by atoms with van der Waals surface area (Å²) in [6, 6.07) is 0. The molecule has 556 valence electrons. The van der Waals surface area contributed by atoms with Gasteiger partial charge in [-0.1, -0.05) is 206 Å². The fourth-order valence-electron chi connectivity index (χ4n) is 11.9. The number of hydrogen-bond donors (Lipinski definition) is 11. The third kappa shape index (κ3) is 36.1. The van der Waals surface area contributed by atoms with Gasteiger partial charge in [0.05, 0.1) is 13.2 Å². The Hall–Kier alpha value is -2.56. The topological polar surface area (TPSA) is 374 Å². The number of rotatable bonds is 56. The van der Waals surface area contributed by atoms with Crippen LogP contribution in [0.3, 0.4) is 0 Å². The number of esters is 3. The molecule has 3 fully saturated rings. The van der Waals surface area contributed by atoms with Crippen LogP contribution >= 0.6 is 7.82 Å². The summed E-state index contributed by atoms with van der Waals surface area (Å²) in [5.74, 6) is -2.01. The zero-order valence-corrected chi connectivity index (χ0v) is 58.6. The van der Waals surface area contributed by atoms with Crippen molar-refractivity contribution in [1.29, 1.82) is 0 Å². The van der Waals surface area contributed by atoms with E-state index in [1.165, 1.54) is 96.3 Å². The van der Waals surface area contributed by atoms with Gasteiger partial charge in [-0.3, -0.25) is 23.4 Å². The average Bonchev–Trinajstić information content (AvgIpc) is 0.771. The molecule has 2 heterocycles. The molecule has 2 aliphatic heterocycles. The van der Waals surface area contributed by atoms with E-state index in [9.17, 15) is 74.9 Å². The highest BCUT2D eigenvalue weighted by molar-refractivity contribution is 7.47. The first-order valence-corrected chi connectivity index (χ1v) is 38.1. The molecule has 18 unspecified atom stereocenters. The van der Waals surface area contributed by atoms with E-state index < -0.39 is 156 Å². The Balaban J connectivity index is 1.75.